The van der Waals surface area contributed by atoms with Gasteiger partial charge in [-0.05, 0) is 12.8 Å². The molecule has 1 unspecified atom stereocenters. The SMILES string of the molecule is C[C@@H]1CCC[NH+](C2CC[NH2+]CC2)C1. The van der Waals surface area contributed by atoms with Gasteiger partial charge in [0.2, 0.25) is 0 Å². The Bertz CT molecular complexity index is 152. The number of likely N-dealkylation sites (tertiary alicyclic amines) is 1. The van der Waals surface area contributed by atoms with Crippen molar-refractivity contribution in [1.82, 2.24) is 0 Å². The molecule has 2 heteroatoms. The van der Waals surface area contributed by atoms with Gasteiger partial charge in [0, 0.05) is 18.8 Å². The van der Waals surface area contributed by atoms with Crippen LogP contribution in [0, 0.1) is 5.92 Å². The topological polar surface area (TPSA) is 21.1 Å². The fourth-order valence-electron chi connectivity index (χ4n) is 3.04. The van der Waals surface area contributed by atoms with Crippen LogP contribution < -0.4 is 10.2 Å². The van der Waals surface area contributed by atoms with E-state index in [-0.39, 0.29) is 0 Å². The Hall–Kier alpha value is -0.0800. The van der Waals surface area contributed by atoms with E-state index < -0.39 is 0 Å². The van der Waals surface area contributed by atoms with Gasteiger partial charge in [0.1, 0.15) is 0 Å². The van der Waals surface area contributed by atoms with E-state index in [0.717, 1.165) is 12.0 Å². The summed E-state index contributed by atoms with van der Waals surface area (Å²) in [5.74, 6) is 0.981. The van der Waals surface area contributed by atoms with Crippen LogP contribution in [0.3, 0.4) is 0 Å². The fraction of sp³-hybridized carbons (Fsp3) is 1.00. The first-order valence-corrected chi connectivity index (χ1v) is 6.02. The molecule has 2 atom stereocenters. The number of quaternary nitrogens is 2. The molecule has 2 rings (SSSR count). The van der Waals surface area contributed by atoms with Crippen molar-refractivity contribution in [3.05, 3.63) is 0 Å². The molecular formula is C11H24N2+2. The second-order valence-corrected chi connectivity index (χ2v) is 5.00. The van der Waals surface area contributed by atoms with Crippen molar-refractivity contribution in [2.45, 2.75) is 38.6 Å². The van der Waals surface area contributed by atoms with Crippen LogP contribution in [0.4, 0.5) is 0 Å². The minimum absolute atomic E-state index is 0.981. The Kier molecular flexibility index (Phi) is 3.23. The molecule has 76 valence electrons. The van der Waals surface area contributed by atoms with Gasteiger partial charge < -0.3 is 10.2 Å². The Labute approximate surface area is 81.7 Å². The van der Waals surface area contributed by atoms with E-state index in [1.807, 2.05) is 4.90 Å². The molecule has 2 aliphatic rings. The Morgan fingerprint density at radius 2 is 1.92 bits per heavy atom. The van der Waals surface area contributed by atoms with Crippen LogP contribution in [-0.2, 0) is 0 Å². The van der Waals surface area contributed by atoms with Gasteiger partial charge in [-0.25, -0.2) is 0 Å². The minimum atomic E-state index is 0.981. The molecule has 0 aromatic carbocycles. The fourth-order valence-corrected chi connectivity index (χ4v) is 3.04. The lowest BCUT2D eigenvalue weighted by atomic mass is 9.96. The number of rotatable bonds is 1. The van der Waals surface area contributed by atoms with E-state index >= 15 is 0 Å². The van der Waals surface area contributed by atoms with Crippen molar-refractivity contribution in [3.8, 4) is 0 Å². The Morgan fingerprint density at radius 3 is 2.62 bits per heavy atom. The summed E-state index contributed by atoms with van der Waals surface area (Å²) in [5, 5.41) is 2.48. The van der Waals surface area contributed by atoms with Gasteiger partial charge in [-0.3, -0.25) is 0 Å². The van der Waals surface area contributed by atoms with Crippen molar-refractivity contribution in [2.24, 2.45) is 5.92 Å². The first-order valence-electron chi connectivity index (χ1n) is 6.02. The van der Waals surface area contributed by atoms with Gasteiger partial charge in [0.25, 0.3) is 0 Å². The van der Waals surface area contributed by atoms with Gasteiger partial charge in [0.15, 0.2) is 0 Å². The van der Waals surface area contributed by atoms with E-state index in [1.165, 1.54) is 51.9 Å². The van der Waals surface area contributed by atoms with Crippen molar-refractivity contribution in [1.29, 1.82) is 0 Å². The zero-order valence-corrected chi connectivity index (χ0v) is 8.89. The normalized spacial score (nSPS) is 37.6. The third-order valence-corrected chi connectivity index (χ3v) is 3.82. The maximum atomic E-state index is 2.48. The smallest absolute Gasteiger partial charge is 0.0983 e. The molecular weight excluding hydrogens is 160 g/mol. The van der Waals surface area contributed by atoms with Gasteiger partial charge in [0.05, 0.1) is 32.2 Å². The molecule has 0 aromatic rings. The molecule has 0 spiro atoms. The van der Waals surface area contributed by atoms with Crippen LogP contribution in [0.25, 0.3) is 0 Å². The summed E-state index contributed by atoms with van der Waals surface area (Å²) in [6.07, 6.45) is 5.86. The number of piperidine rings is 2. The highest BCUT2D eigenvalue weighted by Gasteiger charge is 2.29. The highest BCUT2D eigenvalue weighted by Crippen LogP contribution is 2.07. The summed E-state index contributed by atoms with van der Waals surface area (Å²) >= 11 is 0. The maximum absolute atomic E-state index is 2.48. The molecule has 0 amide bonds. The van der Waals surface area contributed by atoms with E-state index in [0.29, 0.717) is 0 Å². The first-order chi connectivity index (χ1) is 6.36. The highest BCUT2D eigenvalue weighted by molar-refractivity contribution is 4.63. The van der Waals surface area contributed by atoms with Crippen LogP contribution in [0.5, 0.6) is 0 Å². The van der Waals surface area contributed by atoms with Crippen molar-refractivity contribution >= 4 is 0 Å². The third-order valence-electron chi connectivity index (χ3n) is 3.82. The number of hydrogen-bond donors (Lipinski definition) is 2. The van der Waals surface area contributed by atoms with Gasteiger partial charge >= 0.3 is 0 Å². The van der Waals surface area contributed by atoms with Crippen LogP contribution in [0.2, 0.25) is 0 Å². The Balaban J connectivity index is 1.83. The van der Waals surface area contributed by atoms with Crippen molar-refractivity contribution in [3.63, 3.8) is 0 Å². The van der Waals surface area contributed by atoms with Gasteiger partial charge in [-0.1, -0.05) is 6.92 Å². The van der Waals surface area contributed by atoms with E-state index in [4.69, 9.17) is 0 Å². The molecule has 2 saturated heterocycles. The second-order valence-electron chi connectivity index (χ2n) is 5.00. The maximum Gasteiger partial charge on any atom is 0.0983 e. The summed E-state index contributed by atoms with van der Waals surface area (Å²) in [7, 11) is 0. The molecule has 0 bridgehead atoms. The second kappa shape index (κ2) is 4.43. The standard InChI is InChI=1S/C11H22N2/c1-10-3-2-8-13(9-10)11-4-6-12-7-5-11/h10-12H,2-9H2,1H3/p+2/t10-/m1/s1. The quantitative estimate of drug-likeness (QED) is 0.523. The van der Waals surface area contributed by atoms with Crippen LogP contribution in [0.1, 0.15) is 32.6 Å². The highest BCUT2D eigenvalue weighted by atomic mass is 15.2. The molecule has 2 nitrogen and oxygen atoms in total. The molecule has 13 heavy (non-hydrogen) atoms. The molecule has 0 saturated carbocycles. The molecule has 0 radical (unpaired) electrons. The predicted octanol–water partition coefficient (Wildman–Crippen LogP) is -0.973. The van der Waals surface area contributed by atoms with Gasteiger partial charge in [-0.15, -0.1) is 0 Å². The molecule has 0 aliphatic carbocycles. The average molecular weight is 184 g/mol. The summed E-state index contributed by atoms with van der Waals surface area (Å²) < 4.78 is 0. The number of hydrogen-bond acceptors (Lipinski definition) is 0. The lowest BCUT2D eigenvalue weighted by Gasteiger charge is -2.35. The van der Waals surface area contributed by atoms with E-state index in [1.54, 1.807) is 0 Å². The number of nitrogens with two attached hydrogens (primary N) is 1. The summed E-state index contributed by atoms with van der Waals surface area (Å²) in [5.41, 5.74) is 0. The van der Waals surface area contributed by atoms with Crippen LogP contribution in [0.15, 0.2) is 0 Å². The molecule has 0 aromatic heterocycles. The van der Waals surface area contributed by atoms with Crippen molar-refractivity contribution in [2.75, 3.05) is 26.2 Å². The lowest BCUT2D eigenvalue weighted by Crippen LogP contribution is -3.18. The van der Waals surface area contributed by atoms with Crippen LogP contribution >= 0.6 is 0 Å². The lowest BCUT2D eigenvalue weighted by molar-refractivity contribution is -0.940. The minimum Gasteiger partial charge on any atom is -0.346 e. The van der Waals surface area contributed by atoms with E-state index in [9.17, 15) is 0 Å². The molecule has 3 N–H and O–H groups in total. The summed E-state index contributed by atoms with van der Waals surface area (Å²) in [6.45, 7) is 8.08. The van der Waals surface area contributed by atoms with Gasteiger partial charge in [-0.2, -0.15) is 0 Å². The predicted molar refractivity (Wildman–Crippen MR) is 53.8 cm³/mol. The largest absolute Gasteiger partial charge is 0.346 e. The van der Waals surface area contributed by atoms with E-state index in [2.05, 4.69) is 12.2 Å². The van der Waals surface area contributed by atoms with Crippen LogP contribution in [-0.4, -0.2) is 32.2 Å². The third kappa shape index (κ3) is 2.44. The zero-order chi connectivity index (χ0) is 9.10. The number of nitrogens with one attached hydrogen (secondary N) is 1. The van der Waals surface area contributed by atoms with Crippen molar-refractivity contribution < 1.29 is 10.2 Å². The summed E-state index contributed by atoms with van der Waals surface area (Å²) in [4.78, 5) is 1.92. The Morgan fingerprint density at radius 1 is 1.15 bits per heavy atom. The molecule has 2 heterocycles. The zero-order valence-electron chi connectivity index (χ0n) is 8.89. The molecule has 2 aliphatic heterocycles. The monoisotopic (exact) mass is 184 g/mol. The average Bonchev–Trinajstić information content (AvgIpc) is 2.19. The molecule has 2 fully saturated rings. The first kappa shape index (κ1) is 9.47. The summed E-state index contributed by atoms with van der Waals surface area (Å²) in [6, 6.07) is 1.01.